The van der Waals surface area contributed by atoms with Crippen LogP contribution in [-0.4, -0.2) is 9.55 Å². The molecule has 2 nitrogen and oxygen atoms in total. The molecule has 0 atom stereocenters. The highest BCUT2D eigenvalue weighted by molar-refractivity contribution is 6.31. The second-order valence-corrected chi connectivity index (χ2v) is 5.60. The Balaban J connectivity index is 2.30. The highest BCUT2D eigenvalue weighted by Crippen LogP contribution is 2.26. The van der Waals surface area contributed by atoms with E-state index >= 15 is 0 Å². The summed E-state index contributed by atoms with van der Waals surface area (Å²) in [5, 5.41) is 0.747. The molecule has 0 aliphatic carbocycles. The van der Waals surface area contributed by atoms with Crippen LogP contribution in [-0.2, 0) is 5.88 Å². The summed E-state index contributed by atoms with van der Waals surface area (Å²) in [6, 6.07) is 12.2. The molecule has 0 saturated heterocycles. The summed E-state index contributed by atoms with van der Waals surface area (Å²) in [7, 11) is 0. The predicted octanol–water partition coefficient (Wildman–Crippen LogP) is 5.03. The van der Waals surface area contributed by atoms with Crippen molar-refractivity contribution in [1.82, 2.24) is 9.55 Å². The number of rotatable bonds is 2. The van der Waals surface area contributed by atoms with Crippen molar-refractivity contribution in [3.63, 3.8) is 0 Å². The maximum absolute atomic E-state index is 6.24. The van der Waals surface area contributed by atoms with Gasteiger partial charge >= 0.3 is 0 Å². The van der Waals surface area contributed by atoms with Crippen LogP contribution in [0.1, 0.15) is 17.0 Å². The van der Waals surface area contributed by atoms with Gasteiger partial charge in [0.1, 0.15) is 5.82 Å². The van der Waals surface area contributed by atoms with Crippen LogP contribution in [0.25, 0.3) is 16.7 Å². The number of imidazole rings is 1. The Labute approximate surface area is 128 Å². The van der Waals surface area contributed by atoms with E-state index in [4.69, 9.17) is 23.2 Å². The van der Waals surface area contributed by atoms with Gasteiger partial charge in [0.15, 0.2) is 0 Å². The number of hydrogen-bond acceptors (Lipinski definition) is 1. The van der Waals surface area contributed by atoms with E-state index in [1.165, 1.54) is 5.56 Å². The number of benzene rings is 2. The topological polar surface area (TPSA) is 17.8 Å². The maximum atomic E-state index is 6.24. The van der Waals surface area contributed by atoms with Gasteiger partial charge in [0, 0.05) is 10.7 Å². The molecule has 102 valence electrons. The molecule has 2 aromatic carbocycles. The first kappa shape index (κ1) is 13.5. The number of fused-ring (bicyclic) bond motifs is 1. The summed E-state index contributed by atoms with van der Waals surface area (Å²) >= 11 is 12.3. The summed E-state index contributed by atoms with van der Waals surface area (Å²) < 4.78 is 2.06. The molecule has 0 bridgehead atoms. The van der Waals surface area contributed by atoms with Gasteiger partial charge < -0.3 is 0 Å². The molecule has 0 N–H and O–H groups in total. The summed E-state index contributed by atoms with van der Waals surface area (Å²) in [5.41, 5.74) is 5.24. The van der Waals surface area contributed by atoms with Gasteiger partial charge in [0.05, 0.1) is 16.9 Å². The van der Waals surface area contributed by atoms with Gasteiger partial charge in [-0.1, -0.05) is 23.7 Å². The molecule has 3 rings (SSSR count). The third-order valence-electron chi connectivity index (χ3n) is 3.41. The first-order valence-corrected chi connectivity index (χ1v) is 7.32. The first-order chi connectivity index (χ1) is 9.60. The summed E-state index contributed by atoms with van der Waals surface area (Å²) in [4.78, 5) is 4.61. The van der Waals surface area contributed by atoms with E-state index in [1.54, 1.807) is 0 Å². The Morgan fingerprint density at radius 2 is 1.90 bits per heavy atom. The highest BCUT2D eigenvalue weighted by Gasteiger charge is 2.12. The van der Waals surface area contributed by atoms with Crippen molar-refractivity contribution in [2.45, 2.75) is 19.7 Å². The molecule has 3 aromatic rings. The van der Waals surface area contributed by atoms with Crippen LogP contribution in [0.2, 0.25) is 5.02 Å². The third kappa shape index (κ3) is 2.19. The van der Waals surface area contributed by atoms with Crippen molar-refractivity contribution in [3.05, 3.63) is 58.4 Å². The number of halogens is 2. The first-order valence-electron chi connectivity index (χ1n) is 6.40. The van der Waals surface area contributed by atoms with E-state index in [2.05, 4.69) is 34.7 Å². The molecule has 0 amide bonds. The van der Waals surface area contributed by atoms with Gasteiger partial charge in [-0.15, -0.1) is 11.6 Å². The predicted molar refractivity (Wildman–Crippen MR) is 85.1 cm³/mol. The van der Waals surface area contributed by atoms with Crippen molar-refractivity contribution >= 4 is 34.2 Å². The smallest absolute Gasteiger partial charge is 0.129 e. The molecule has 0 radical (unpaired) electrons. The van der Waals surface area contributed by atoms with E-state index < -0.39 is 0 Å². The van der Waals surface area contributed by atoms with Crippen LogP contribution in [0.5, 0.6) is 0 Å². The Morgan fingerprint density at radius 1 is 1.10 bits per heavy atom. The molecular formula is C16H14Cl2N2. The van der Waals surface area contributed by atoms with Crippen molar-refractivity contribution < 1.29 is 0 Å². The number of alkyl halides is 1. The molecule has 20 heavy (non-hydrogen) atoms. The SMILES string of the molecule is Cc1ccc2c(c1)nc(CCl)n2-c1ccc(C)c(Cl)c1. The zero-order chi connectivity index (χ0) is 14.3. The highest BCUT2D eigenvalue weighted by atomic mass is 35.5. The van der Waals surface area contributed by atoms with Gasteiger partial charge in [-0.2, -0.15) is 0 Å². The number of aromatic nitrogens is 2. The minimum absolute atomic E-state index is 0.360. The third-order valence-corrected chi connectivity index (χ3v) is 4.06. The molecule has 0 unspecified atom stereocenters. The largest absolute Gasteiger partial charge is 0.295 e. The number of nitrogens with zero attached hydrogens (tertiary/aromatic N) is 2. The Morgan fingerprint density at radius 3 is 2.60 bits per heavy atom. The van der Waals surface area contributed by atoms with Gasteiger partial charge in [-0.3, -0.25) is 4.57 Å². The molecule has 0 aliphatic heterocycles. The summed E-state index contributed by atoms with van der Waals surface area (Å²) in [6.07, 6.45) is 0. The summed E-state index contributed by atoms with van der Waals surface area (Å²) in [5.74, 6) is 1.19. The molecular weight excluding hydrogens is 291 g/mol. The van der Waals surface area contributed by atoms with Crippen LogP contribution < -0.4 is 0 Å². The van der Waals surface area contributed by atoms with E-state index in [9.17, 15) is 0 Å². The van der Waals surface area contributed by atoms with Crippen molar-refractivity contribution in [2.75, 3.05) is 0 Å². The molecule has 1 aromatic heterocycles. The van der Waals surface area contributed by atoms with E-state index in [-0.39, 0.29) is 0 Å². The Bertz CT molecular complexity index is 791. The zero-order valence-corrected chi connectivity index (χ0v) is 12.8. The lowest BCUT2D eigenvalue weighted by Crippen LogP contribution is -1.99. The fourth-order valence-corrected chi connectivity index (χ4v) is 2.69. The molecule has 0 spiro atoms. The van der Waals surface area contributed by atoms with E-state index in [0.717, 1.165) is 33.1 Å². The Hall–Kier alpha value is -1.51. The van der Waals surface area contributed by atoms with Crippen LogP contribution >= 0.6 is 23.2 Å². The van der Waals surface area contributed by atoms with Gasteiger partial charge in [-0.05, 0) is 49.2 Å². The van der Waals surface area contributed by atoms with Crippen molar-refractivity contribution in [2.24, 2.45) is 0 Å². The summed E-state index contributed by atoms with van der Waals surface area (Å²) in [6.45, 7) is 4.05. The molecule has 1 heterocycles. The van der Waals surface area contributed by atoms with Gasteiger partial charge in [-0.25, -0.2) is 4.98 Å². The van der Waals surface area contributed by atoms with E-state index in [0.29, 0.717) is 5.88 Å². The lowest BCUT2D eigenvalue weighted by atomic mass is 10.2. The van der Waals surface area contributed by atoms with Crippen LogP contribution in [0.4, 0.5) is 0 Å². The fraction of sp³-hybridized carbons (Fsp3) is 0.188. The zero-order valence-electron chi connectivity index (χ0n) is 11.3. The van der Waals surface area contributed by atoms with Crippen molar-refractivity contribution in [3.8, 4) is 5.69 Å². The van der Waals surface area contributed by atoms with Gasteiger partial charge in [0.2, 0.25) is 0 Å². The number of aryl methyl sites for hydroxylation is 2. The number of hydrogen-bond donors (Lipinski definition) is 0. The normalized spacial score (nSPS) is 11.2. The minimum atomic E-state index is 0.360. The second-order valence-electron chi connectivity index (χ2n) is 4.92. The lowest BCUT2D eigenvalue weighted by Gasteiger charge is -2.09. The van der Waals surface area contributed by atoms with Crippen molar-refractivity contribution in [1.29, 1.82) is 0 Å². The molecule has 0 aliphatic rings. The van der Waals surface area contributed by atoms with Gasteiger partial charge in [0.25, 0.3) is 0 Å². The quantitative estimate of drug-likeness (QED) is 0.607. The van der Waals surface area contributed by atoms with E-state index in [1.807, 2.05) is 25.1 Å². The lowest BCUT2D eigenvalue weighted by molar-refractivity contribution is 0.981. The average Bonchev–Trinajstić information content (AvgIpc) is 2.79. The Kier molecular flexibility index (Phi) is 3.45. The minimum Gasteiger partial charge on any atom is -0.295 e. The van der Waals surface area contributed by atoms with Crippen LogP contribution in [0.15, 0.2) is 36.4 Å². The molecule has 4 heteroatoms. The molecule has 0 saturated carbocycles. The maximum Gasteiger partial charge on any atom is 0.129 e. The average molecular weight is 305 g/mol. The standard InChI is InChI=1S/C16H14Cl2N2/c1-10-3-6-15-14(7-10)19-16(9-17)20(15)12-5-4-11(2)13(18)8-12/h3-8H,9H2,1-2H3. The monoisotopic (exact) mass is 304 g/mol. The van der Waals surface area contributed by atoms with Crippen LogP contribution in [0, 0.1) is 13.8 Å². The van der Waals surface area contributed by atoms with Crippen LogP contribution in [0.3, 0.4) is 0 Å². The second kappa shape index (κ2) is 5.12. The molecule has 0 fully saturated rings. The fourth-order valence-electron chi connectivity index (χ4n) is 2.34.